The standard InChI is InChI=1S/C12H16FNO.ClH/c13-10-7-3-6-9(12(10)15)11(14)8-4-1-2-5-8;/h3,6-8,11,15H,1-2,4-5,14H2;1H/t11-;/m0./s1. The van der Waals surface area contributed by atoms with Crippen molar-refractivity contribution in [2.75, 3.05) is 0 Å². The van der Waals surface area contributed by atoms with Crippen molar-refractivity contribution < 1.29 is 9.50 Å². The Balaban J connectivity index is 0.00000128. The van der Waals surface area contributed by atoms with E-state index < -0.39 is 5.82 Å². The molecule has 1 aromatic carbocycles. The molecule has 3 N–H and O–H groups in total. The van der Waals surface area contributed by atoms with E-state index in [0.717, 1.165) is 12.8 Å². The zero-order valence-corrected chi connectivity index (χ0v) is 9.84. The Kier molecular flexibility index (Phi) is 4.56. The number of para-hydroxylation sites is 1. The molecule has 1 fully saturated rings. The molecular weight excluding hydrogens is 229 g/mol. The van der Waals surface area contributed by atoms with E-state index in [2.05, 4.69) is 0 Å². The second kappa shape index (κ2) is 5.51. The van der Waals surface area contributed by atoms with Crippen LogP contribution in [0.25, 0.3) is 0 Å². The molecule has 1 aromatic rings. The summed E-state index contributed by atoms with van der Waals surface area (Å²) in [6.07, 6.45) is 4.54. The molecule has 0 bridgehead atoms. The van der Waals surface area contributed by atoms with Gasteiger partial charge in [-0.05, 0) is 24.8 Å². The highest BCUT2D eigenvalue weighted by Gasteiger charge is 2.25. The van der Waals surface area contributed by atoms with Gasteiger partial charge in [0.1, 0.15) is 0 Å². The fourth-order valence-electron chi connectivity index (χ4n) is 2.37. The van der Waals surface area contributed by atoms with E-state index in [1.165, 1.54) is 18.9 Å². The van der Waals surface area contributed by atoms with Crippen molar-refractivity contribution in [3.05, 3.63) is 29.6 Å². The lowest BCUT2D eigenvalue weighted by atomic mass is 9.92. The number of benzene rings is 1. The molecule has 90 valence electrons. The highest BCUT2D eigenvalue weighted by Crippen LogP contribution is 2.37. The topological polar surface area (TPSA) is 46.2 Å². The van der Waals surface area contributed by atoms with E-state index in [0.29, 0.717) is 11.5 Å². The fraction of sp³-hybridized carbons (Fsp3) is 0.500. The van der Waals surface area contributed by atoms with Crippen molar-refractivity contribution >= 4 is 12.4 Å². The Bertz CT molecular complexity index is 353. The molecule has 1 aliphatic carbocycles. The van der Waals surface area contributed by atoms with Crippen molar-refractivity contribution in [2.45, 2.75) is 31.7 Å². The van der Waals surface area contributed by atoms with Crippen LogP contribution in [0.3, 0.4) is 0 Å². The van der Waals surface area contributed by atoms with Gasteiger partial charge in [-0.3, -0.25) is 0 Å². The molecule has 2 nitrogen and oxygen atoms in total. The molecule has 0 saturated heterocycles. The van der Waals surface area contributed by atoms with Crippen molar-refractivity contribution in [1.29, 1.82) is 0 Å². The number of halogens is 2. The van der Waals surface area contributed by atoms with Gasteiger partial charge in [0.25, 0.3) is 0 Å². The van der Waals surface area contributed by atoms with Gasteiger partial charge in [0.2, 0.25) is 0 Å². The highest BCUT2D eigenvalue weighted by molar-refractivity contribution is 5.85. The van der Waals surface area contributed by atoms with Crippen molar-refractivity contribution in [1.82, 2.24) is 0 Å². The average Bonchev–Trinajstić information content (AvgIpc) is 2.74. The van der Waals surface area contributed by atoms with Crippen LogP contribution < -0.4 is 5.73 Å². The Morgan fingerprint density at radius 2 is 1.94 bits per heavy atom. The predicted octanol–water partition coefficient (Wildman–Crippen LogP) is 3.14. The summed E-state index contributed by atoms with van der Waals surface area (Å²) < 4.78 is 13.1. The number of nitrogens with two attached hydrogens (primary N) is 1. The lowest BCUT2D eigenvalue weighted by Gasteiger charge is -2.20. The van der Waals surface area contributed by atoms with Crippen LogP contribution >= 0.6 is 12.4 Å². The smallest absolute Gasteiger partial charge is 0.165 e. The van der Waals surface area contributed by atoms with Crippen LogP contribution in [0.5, 0.6) is 5.75 Å². The molecule has 0 spiro atoms. The molecule has 1 saturated carbocycles. The summed E-state index contributed by atoms with van der Waals surface area (Å²) in [6.45, 7) is 0. The zero-order chi connectivity index (χ0) is 10.8. The van der Waals surface area contributed by atoms with E-state index >= 15 is 0 Å². The summed E-state index contributed by atoms with van der Waals surface area (Å²) in [5, 5.41) is 9.57. The minimum absolute atomic E-state index is 0. The van der Waals surface area contributed by atoms with Crippen molar-refractivity contribution in [2.24, 2.45) is 11.7 Å². The van der Waals surface area contributed by atoms with Crippen molar-refractivity contribution in [3.63, 3.8) is 0 Å². The Morgan fingerprint density at radius 3 is 2.56 bits per heavy atom. The quantitative estimate of drug-likeness (QED) is 0.841. The summed E-state index contributed by atoms with van der Waals surface area (Å²) in [5.41, 5.74) is 6.59. The number of hydrogen-bond acceptors (Lipinski definition) is 2. The first kappa shape index (κ1) is 13.3. The molecule has 0 amide bonds. The monoisotopic (exact) mass is 245 g/mol. The summed E-state index contributed by atoms with van der Waals surface area (Å²) in [6, 6.07) is 4.32. The van der Waals surface area contributed by atoms with E-state index in [1.54, 1.807) is 12.1 Å². The maximum absolute atomic E-state index is 13.1. The van der Waals surface area contributed by atoms with Gasteiger partial charge >= 0.3 is 0 Å². The van der Waals surface area contributed by atoms with Gasteiger partial charge < -0.3 is 10.8 Å². The molecule has 0 heterocycles. The minimum atomic E-state index is -0.582. The van der Waals surface area contributed by atoms with Gasteiger partial charge in [-0.2, -0.15) is 0 Å². The maximum Gasteiger partial charge on any atom is 0.165 e. The third-order valence-corrected chi connectivity index (χ3v) is 3.28. The number of rotatable bonds is 2. The lowest BCUT2D eigenvalue weighted by Crippen LogP contribution is -2.19. The Labute approximate surface area is 101 Å². The SMILES string of the molecule is Cl.N[C@H](c1cccc(F)c1O)C1CCCC1. The molecule has 0 radical (unpaired) electrons. The normalized spacial score (nSPS) is 18.1. The zero-order valence-electron chi connectivity index (χ0n) is 9.03. The molecular formula is C12H17ClFNO. The van der Waals surface area contributed by atoms with Crippen LogP contribution in [0.1, 0.15) is 37.3 Å². The van der Waals surface area contributed by atoms with Crippen LogP contribution in [0, 0.1) is 11.7 Å². The molecule has 0 unspecified atom stereocenters. The number of phenolic OH excluding ortho intramolecular Hbond substituents is 1. The summed E-state index contributed by atoms with van der Waals surface area (Å²) in [4.78, 5) is 0. The summed E-state index contributed by atoms with van der Waals surface area (Å²) >= 11 is 0. The summed E-state index contributed by atoms with van der Waals surface area (Å²) in [5.74, 6) is -0.476. The largest absolute Gasteiger partial charge is 0.505 e. The summed E-state index contributed by atoms with van der Waals surface area (Å²) in [7, 11) is 0. The molecule has 0 aromatic heterocycles. The number of aromatic hydroxyl groups is 1. The maximum atomic E-state index is 13.1. The highest BCUT2D eigenvalue weighted by atomic mass is 35.5. The van der Waals surface area contributed by atoms with Crippen molar-refractivity contribution in [3.8, 4) is 5.75 Å². The van der Waals surface area contributed by atoms with E-state index in [4.69, 9.17) is 5.73 Å². The molecule has 1 atom stereocenters. The van der Waals surface area contributed by atoms with Crippen LogP contribution in [-0.4, -0.2) is 5.11 Å². The second-order valence-corrected chi connectivity index (χ2v) is 4.25. The third kappa shape index (κ3) is 2.47. The Hall–Kier alpha value is -0.800. The second-order valence-electron chi connectivity index (χ2n) is 4.25. The van der Waals surface area contributed by atoms with Gasteiger partial charge in [0.15, 0.2) is 11.6 Å². The van der Waals surface area contributed by atoms with Crippen LogP contribution in [0.2, 0.25) is 0 Å². The molecule has 0 aliphatic heterocycles. The van der Waals surface area contributed by atoms with E-state index in [1.807, 2.05) is 0 Å². The van der Waals surface area contributed by atoms with Gasteiger partial charge in [0.05, 0.1) is 0 Å². The molecule has 1 aliphatic rings. The molecule has 4 heteroatoms. The first-order valence-electron chi connectivity index (χ1n) is 5.43. The number of hydrogen-bond donors (Lipinski definition) is 2. The van der Waals surface area contributed by atoms with E-state index in [-0.39, 0.29) is 24.2 Å². The van der Waals surface area contributed by atoms with E-state index in [9.17, 15) is 9.50 Å². The fourth-order valence-corrected chi connectivity index (χ4v) is 2.37. The van der Waals surface area contributed by atoms with Crippen LogP contribution in [-0.2, 0) is 0 Å². The Morgan fingerprint density at radius 1 is 1.31 bits per heavy atom. The van der Waals surface area contributed by atoms with Crippen LogP contribution in [0.4, 0.5) is 4.39 Å². The predicted molar refractivity (Wildman–Crippen MR) is 64.2 cm³/mol. The third-order valence-electron chi connectivity index (χ3n) is 3.28. The van der Waals surface area contributed by atoms with Gasteiger partial charge in [0, 0.05) is 11.6 Å². The molecule has 16 heavy (non-hydrogen) atoms. The lowest BCUT2D eigenvalue weighted by molar-refractivity contribution is 0.392. The average molecular weight is 246 g/mol. The molecule has 2 rings (SSSR count). The van der Waals surface area contributed by atoms with Gasteiger partial charge in [-0.15, -0.1) is 12.4 Å². The first-order valence-corrected chi connectivity index (χ1v) is 5.43. The van der Waals surface area contributed by atoms with Gasteiger partial charge in [-0.1, -0.05) is 25.0 Å². The first-order chi connectivity index (χ1) is 7.20. The minimum Gasteiger partial charge on any atom is -0.505 e. The van der Waals surface area contributed by atoms with Crippen LogP contribution in [0.15, 0.2) is 18.2 Å². The number of phenols is 1. The van der Waals surface area contributed by atoms with Gasteiger partial charge in [-0.25, -0.2) is 4.39 Å².